The lowest BCUT2D eigenvalue weighted by Crippen LogP contribution is -2.46. The number of aliphatic hydroxyl groups is 1. The van der Waals surface area contributed by atoms with Crippen LogP contribution in [0.5, 0.6) is 0 Å². The first kappa shape index (κ1) is 17.9. The molecule has 3 aromatic rings. The molecule has 2 heterocycles. The molecule has 0 spiro atoms. The van der Waals surface area contributed by atoms with Gasteiger partial charge in [-0.25, -0.2) is 0 Å². The van der Waals surface area contributed by atoms with Crippen LogP contribution in [0.25, 0.3) is 10.9 Å². The minimum Gasteiger partial charge on any atom is -0.383 e. The second kappa shape index (κ2) is 7.64. The van der Waals surface area contributed by atoms with Gasteiger partial charge in [0.2, 0.25) is 0 Å². The number of para-hydroxylation sites is 1. The van der Waals surface area contributed by atoms with Crippen molar-refractivity contribution in [2.24, 2.45) is 0 Å². The standard InChI is InChI=1S/C22H24N2O3/c1-15-6-8-16(9-7-15)20(24-10-12-27-13-11-24)22(26)21(25)18-14-23-19-5-3-2-4-17(18)19/h2-9,14,20,22-23,26H,10-13H2,1H3/t20-,22+/m1/s1. The maximum absolute atomic E-state index is 13.2. The van der Waals surface area contributed by atoms with Crippen molar-refractivity contribution in [3.63, 3.8) is 0 Å². The molecular formula is C22H24N2O3. The molecule has 1 fully saturated rings. The average Bonchev–Trinajstić information content (AvgIpc) is 3.14. The number of hydrogen-bond donors (Lipinski definition) is 2. The number of hydrogen-bond acceptors (Lipinski definition) is 4. The van der Waals surface area contributed by atoms with Crippen LogP contribution in [-0.2, 0) is 4.74 Å². The second-order valence-electron chi connectivity index (χ2n) is 7.06. The first-order chi connectivity index (χ1) is 13.1. The van der Waals surface area contributed by atoms with Gasteiger partial charge in [0.1, 0.15) is 6.10 Å². The Balaban J connectivity index is 1.69. The fourth-order valence-corrected chi connectivity index (χ4v) is 3.79. The summed E-state index contributed by atoms with van der Waals surface area (Å²) in [6.07, 6.45) is 0.548. The first-order valence-electron chi connectivity index (χ1n) is 9.32. The van der Waals surface area contributed by atoms with E-state index in [1.54, 1.807) is 6.20 Å². The number of aromatic nitrogens is 1. The molecule has 4 rings (SSSR count). The molecule has 2 N–H and O–H groups in total. The van der Waals surface area contributed by atoms with Gasteiger partial charge in [-0.1, -0.05) is 48.0 Å². The molecule has 5 nitrogen and oxygen atoms in total. The molecule has 0 amide bonds. The van der Waals surface area contributed by atoms with E-state index in [-0.39, 0.29) is 5.78 Å². The largest absolute Gasteiger partial charge is 0.383 e. The summed E-state index contributed by atoms with van der Waals surface area (Å²) < 4.78 is 5.46. The fourth-order valence-electron chi connectivity index (χ4n) is 3.79. The molecule has 0 unspecified atom stereocenters. The summed E-state index contributed by atoms with van der Waals surface area (Å²) in [5.41, 5.74) is 3.52. The summed E-state index contributed by atoms with van der Waals surface area (Å²) in [4.78, 5) is 18.5. The van der Waals surface area contributed by atoms with Crippen LogP contribution < -0.4 is 0 Å². The number of nitrogens with zero attached hydrogens (tertiary/aromatic N) is 1. The fraction of sp³-hybridized carbons (Fsp3) is 0.318. The van der Waals surface area contributed by atoms with Gasteiger partial charge in [0.25, 0.3) is 0 Å². The third kappa shape index (κ3) is 3.54. The van der Waals surface area contributed by atoms with Crippen LogP contribution in [0.1, 0.15) is 27.5 Å². The molecule has 1 aliphatic rings. The monoisotopic (exact) mass is 364 g/mol. The van der Waals surface area contributed by atoms with Gasteiger partial charge < -0.3 is 14.8 Å². The van der Waals surface area contributed by atoms with E-state index < -0.39 is 12.1 Å². The van der Waals surface area contributed by atoms with E-state index in [0.717, 1.165) is 22.0 Å². The number of rotatable bonds is 5. The Morgan fingerprint density at radius 3 is 2.56 bits per heavy atom. The zero-order chi connectivity index (χ0) is 18.8. The third-order valence-corrected chi connectivity index (χ3v) is 5.28. The number of aromatic amines is 1. The molecule has 0 saturated carbocycles. The van der Waals surface area contributed by atoms with Gasteiger partial charge >= 0.3 is 0 Å². The summed E-state index contributed by atoms with van der Waals surface area (Å²) in [5.74, 6) is -0.260. The highest BCUT2D eigenvalue weighted by atomic mass is 16.5. The minimum atomic E-state index is -1.15. The maximum atomic E-state index is 13.2. The Morgan fingerprint density at radius 1 is 1.11 bits per heavy atom. The number of nitrogens with one attached hydrogen (secondary N) is 1. The van der Waals surface area contributed by atoms with Crippen molar-refractivity contribution < 1.29 is 14.6 Å². The molecule has 2 atom stereocenters. The number of ketones is 1. The lowest BCUT2D eigenvalue weighted by atomic mass is 9.92. The van der Waals surface area contributed by atoms with E-state index in [1.807, 2.05) is 55.5 Å². The summed E-state index contributed by atoms with van der Waals surface area (Å²) in [6, 6.07) is 15.3. The van der Waals surface area contributed by atoms with Gasteiger partial charge in [-0.2, -0.15) is 0 Å². The highest BCUT2D eigenvalue weighted by molar-refractivity contribution is 6.10. The number of benzene rings is 2. The summed E-state index contributed by atoms with van der Waals surface area (Å²) in [6.45, 7) is 4.63. The number of aryl methyl sites for hydroxylation is 1. The van der Waals surface area contributed by atoms with E-state index in [0.29, 0.717) is 31.9 Å². The van der Waals surface area contributed by atoms with Crippen LogP contribution in [0.4, 0.5) is 0 Å². The second-order valence-corrected chi connectivity index (χ2v) is 7.06. The number of fused-ring (bicyclic) bond motifs is 1. The SMILES string of the molecule is Cc1ccc([C@H]([C@H](O)C(=O)c2c[nH]c3ccccc23)N2CCOCC2)cc1. The molecule has 0 bridgehead atoms. The lowest BCUT2D eigenvalue weighted by Gasteiger charge is -2.37. The van der Waals surface area contributed by atoms with Crippen molar-refractivity contribution >= 4 is 16.7 Å². The van der Waals surface area contributed by atoms with E-state index in [1.165, 1.54) is 0 Å². The van der Waals surface area contributed by atoms with Crippen molar-refractivity contribution in [1.82, 2.24) is 9.88 Å². The number of carbonyl (C=O) groups excluding carboxylic acids is 1. The van der Waals surface area contributed by atoms with Crippen LogP contribution in [0.3, 0.4) is 0 Å². The quantitative estimate of drug-likeness (QED) is 0.683. The third-order valence-electron chi connectivity index (χ3n) is 5.28. The highest BCUT2D eigenvalue weighted by Gasteiger charge is 2.34. The number of aliphatic hydroxyl groups excluding tert-OH is 1. The lowest BCUT2D eigenvalue weighted by molar-refractivity contribution is -0.0172. The topological polar surface area (TPSA) is 65.6 Å². The van der Waals surface area contributed by atoms with Gasteiger partial charge in [-0.3, -0.25) is 9.69 Å². The van der Waals surface area contributed by atoms with Crippen LogP contribution in [0.15, 0.2) is 54.7 Å². The van der Waals surface area contributed by atoms with Gasteiger partial charge in [-0.15, -0.1) is 0 Å². The van der Waals surface area contributed by atoms with Crippen molar-refractivity contribution in [3.05, 3.63) is 71.4 Å². The molecule has 140 valence electrons. The van der Waals surface area contributed by atoms with Crippen LogP contribution in [0, 0.1) is 6.92 Å². The number of Topliss-reactive ketones (excluding diaryl/α,β-unsaturated/α-hetero) is 1. The Kier molecular flexibility index (Phi) is 5.07. The van der Waals surface area contributed by atoms with Crippen molar-refractivity contribution in [1.29, 1.82) is 0 Å². The van der Waals surface area contributed by atoms with E-state index in [2.05, 4.69) is 9.88 Å². The smallest absolute Gasteiger partial charge is 0.195 e. The first-order valence-corrected chi connectivity index (χ1v) is 9.32. The minimum absolute atomic E-state index is 0.260. The zero-order valence-corrected chi connectivity index (χ0v) is 15.4. The average molecular weight is 364 g/mol. The Labute approximate surface area is 158 Å². The highest BCUT2D eigenvalue weighted by Crippen LogP contribution is 2.29. The maximum Gasteiger partial charge on any atom is 0.195 e. The molecule has 1 aliphatic heterocycles. The van der Waals surface area contributed by atoms with Crippen molar-refractivity contribution in [2.75, 3.05) is 26.3 Å². The van der Waals surface area contributed by atoms with E-state index in [4.69, 9.17) is 4.74 Å². The van der Waals surface area contributed by atoms with Crippen LogP contribution in [-0.4, -0.2) is 53.2 Å². The number of ether oxygens (including phenoxy) is 1. The molecule has 0 aliphatic carbocycles. The Hall–Kier alpha value is -2.47. The Bertz CT molecular complexity index is 926. The van der Waals surface area contributed by atoms with Gasteiger partial charge in [0, 0.05) is 35.8 Å². The van der Waals surface area contributed by atoms with Gasteiger partial charge in [0.15, 0.2) is 5.78 Å². The molecule has 5 heteroatoms. The van der Waals surface area contributed by atoms with E-state index >= 15 is 0 Å². The number of H-pyrrole nitrogens is 1. The zero-order valence-electron chi connectivity index (χ0n) is 15.4. The van der Waals surface area contributed by atoms with Gasteiger partial charge in [-0.05, 0) is 18.6 Å². The number of carbonyl (C=O) groups is 1. The predicted octanol–water partition coefficient (Wildman–Crippen LogP) is 3.09. The van der Waals surface area contributed by atoms with Crippen LogP contribution in [0.2, 0.25) is 0 Å². The number of morpholine rings is 1. The molecule has 1 aromatic heterocycles. The van der Waals surface area contributed by atoms with Crippen molar-refractivity contribution in [3.8, 4) is 0 Å². The van der Waals surface area contributed by atoms with E-state index in [9.17, 15) is 9.90 Å². The van der Waals surface area contributed by atoms with Crippen LogP contribution >= 0.6 is 0 Å². The Morgan fingerprint density at radius 2 is 1.81 bits per heavy atom. The van der Waals surface area contributed by atoms with Gasteiger partial charge in [0.05, 0.1) is 19.3 Å². The normalized spacial score (nSPS) is 17.7. The molecule has 1 saturated heterocycles. The molecule has 0 radical (unpaired) electrons. The summed E-state index contributed by atoms with van der Waals surface area (Å²) >= 11 is 0. The van der Waals surface area contributed by atoms with Crippen molar-refractivity contribution in [2.45, 2.75) is 19.1 Å². The molecular weight excluding hydrogens is 340 g/mol. The molecule has 2 aromatic carbocycles. The molecule has 27 heavy (non-hydrogen) atoms. The predicted molar refractivity (Wildman–Crippen MR) is 105 cm³/mol. The summed E-state index contributed by atoms with van der Waals surface area (Å²) in [5, 5.41) is 12.0. The summed E-state index contributed by atoms with van der Waals surface area (Å²) in [7, 11) is 0.